The molecule has 1 aromatic heterocycles. The minimum absolute atomic E-state index is 0.0639. The van der Waals surface area contributed by atoms with Gasteiger partial charge in [0.15, 0.2) is 0 Å². The molecule has 0 bridgehead atoms. The van der Waals surface area contributed by atoms with Crippen molar-refractivity contribution >= 4 is 17.5 Å². The van der Waals surface area contributed by atoms with Gasteiger partial charge in [0.1, 0.15) is 0 Å². The second-order valence-electron chi connectivity index (χ2n) is 6.42. The molecular formula is C21H19N3O2. The summed E-state index contributed by atoms with van der Waals surface area (Å²) in [6, 6.07) is 18.6. The predicted octanol–water partition coefficient (Wildman–Crippen LogP) is 3.62. The largest absolute Gasteiger partial charge is 0.349 e. The lowest BCUT2D eigenvalue weighted by Gasteiger charge is -2.08. The fraction of sp³-hybridized carbons (Fsp3) is 0.143. The van der Waals surface area contributed by atoms with Gasteiger partial charge in [0.2, 0.25) is 0 Å². The number of aromatic nitrogens is 1. The third-order valence-corrected chi connectivity index (χ3v) is 4.35. The highest BCUT2D eigenvalue weighted by Crippen LogP contribution is 2.20. The summed E-state index contributed by atoms with van der Waals surface area (Å²) in [6.45, 7) is 0. The minimum atomic E-state index is -0.181. The van der Waals surface area contributed by atoms with E-state index in [0.29, 0.717) is 22.9 Å². The van der Waals surface area contributed by atoms with E-state index in [1.54, 1.807) is 36.4 Å². The predicted molar refractivity (Wildman–Crippen MR) is 101 cm³/mol. The number of amides is 2. The van der Waals surface area contributed by atoms with Gasteiger partial charge in [0.25, 0.3) is 11.8 Å². The van der Waals surface area contributed by atoms with E-state index in [2.05, 4.69) is 10.6 Å². The molecule has 0 spiro atoms. The molecule has 1 fully saturated rings. The maximum Gasteiger partial charge on any atom is 0.255 e. The Hall–Kier alpha value is -3.34. The van der Waals surface area contributed by atoms with Gasteiger partial charge < -0.3 is 15.2 Å². The van der Waals surface area contributed by atoms with E-state index in [0.717, 1.165) is 18.5 Å². The van der Waals surface area contributed by atoms with Gasteiger partial charge in [0.05, 0.1) is 0 Å². The average Bonchev–Trinajstić information content (AvgIpc) is 3.31. The van der Waals surface area contributed by atoms with Gasteiger partial charge >= 0.3 is 0 Å². The molecule has 5 nitrogen and oxygen atoms in total. The fourth-order valence-corrected chi connectivity index (χ4v) is 2.70. The van der Waals surface area contributed by atoms with E-state index in [1.807, 2.05) is 41.2 Å². The summed E-state index contributed by atoms with van der Waals surface area (Å²) >= 11 is 0. The zero-order chi connectivity index (χ0) is 17.9. The Labute approximate surface area is 151 Å². The summed E-state index contributed by atoms with van der Waals surface area (Å²) < 4.78 is 1.98. The normalized spacial score (nSPS) is 13.2. The van der Waals surface area contributed by atoms with Crippen LogP contribution >= 0.6 is 0 Å². The van der Waals surface area contributed by atoms with Crippen molar-refractivity contribution in [2.75, 3.05) is 5.32 Å². The lowest BCUT2D eigenvalue weighted by Crippen LogP contribution is -2.25. The Balaban J connectivity index is 1.40. The molecule has 130 valence electrons. The molecule has 2 aromatic carbocycles. The lowest BCUT2D eigenvalue weighted by molar-refractivity contribution is 0.0950. The van der Waals surface area contributed by atoms with Crippen LogP contribution in [0.4, 0.5) is 5.69 Å². The van der Waals surface area contributed by atoms with E-state index in [-0.39, 0.29) is 11.8 Å². The van der Waals surface area contributed by atoms with Gasteiger partial charge in [-0.3, -0.25) is 9.59 Å². The standard InChI is InChI=1S/C21H19N3O2/c25-20(23-18-9-10-18)15-3-7-17(8-4-15)22-21(26)16-5-11-19(12-6-16)24-13-1-2-14-24/h1-8,11-14,18H,9-10H2,(H,22,26)(H,23,25). The maximum atomic E-state index is 12.4. The Morgan fingerprint density at radius 3 is 2.00 bits per heavy atom. The van der Waals surface area contributed by atoms with Gasteiger partial charge in [0, 0.05) is 40.9 Å². The molecule has 4 rings (SSSR count). The van der Waals surface area contributed by atoms with Crippen LogP contribution in [0.25, 0.3) is 5.69 Å². The topological polar surface area (TPSA) is 63.1 Å². The number of hydrogen-bond acceptors (Lipinski definition) is 2. The molecule has 1 heterocycles. The summed E-state index contributed by atoms with van der Waals surface area (Å²) in [7, 11) is 0. The number of nitrogens with one attached hydrogen (secondary N) is 2. The number of nitrogens with zero attached hydrogens (tertiary/aromatic N) is 1. The van der Waals surface area contributed by atoms with Crippen LogP contribution in [-0.4, -0.2) is 22.4 Å². The molecular weight excluding hydrogens is 326 g/mol. The third kappa shape index (κ3) is 3.67. The van der Waals surface area contributed by atoms with E-state index >= 15 is 0 Å². The van der Waals surface area contributed by atoms with Crippen molar-refractivity contribution in [3.8, 4) is 5.69 Å². The second-order valence-corrected chi connectivity index (χ2v) is 6.42. The van der Waals surface area contributed by atoms with Crippen molar-refractivity contribution in [1.82, 2.24) is 9.88 Å². The minimum Gasteiger partial charge on any atom is -0.349 e. The summed E-state index contributed by atoms with van der Waals surface area (Å²) in [5.74, 6) is -0.245. The van der Waals surface area contributed by atoms with Crippen LogP contribution < -0.4 is 10.6 Å². The molecule has 0 aliphatic heterocycles. The van der Waals surface area contributed by atoms with Crippen molar-refractivity contribution in [3.05, 3.63) is 84.2 Å². The molecule has 2 N–H and O–H groups in total. The fourth-order valence-electron chi connectivity index (χ4n) is 2.70. The Kier molecular flexibility index (Phi) is 4.27. The maximum absolute atomic E-state index is 12.4. The van der Waals surface area contributed by atoms with Crippen molar-refractivity contribution in [3.63, 3.8) is 0 Å². The van der Waals surface area contributed by atoms with Gasteiger partial charge in [-0.05, 0) is 73.5 Å². The quantitative estimate of drug-likeness (QED) is 0.742. The number of rotatable bonds is 5. The molecule has 5 heteroatoms. The summed E-state index contributed by atoms with van der Waals surface area (Å²) in [5.41, 5.74) is 2.84. The van der Waals surface area contributed by atoms with E-state index in [1.165, 1.54) is 0 Å². The third-order valence-electron chi connectivity index (χ3n) is 4.35. The van der Waals surface area contributed by atoms with Gasteiger partial charge in [-0.2, -0.15) is 0 Å². The number of benzene rings is 2. The van der Waals surface area contributed by atoms with E-state index in [9.17, 15) is 9.59 Å². The van der Waals surface area contributed by atoms with Crippen molar-refractivity contribution in [2.24, 2.45) is 0 Å². The SMILES string of the molecule is O=C(Nc1ccc(C(=O)NC2CC2)cc1)c1ccc(-n2cccc2)cc1. The van der Waals surface area contributed by atoms with Gasteiger partial charge in [-0.1, -0.05) is 0 Å². The molecule has 0 unspecified atom stereocenters. The second kappa shape index (κ2) is 6.88. The summed E-state index contributed by atoms with van der Waals surface area (Å²) in [5, 5.41) is 5.80. The van der Waals surface area contributed by atoms with Crippen LogP contribution in [0.15, 0.2) is 73.1 Å². The number of anilines is 1. The van der Waals surface area contributed by atoms with Crippen LogP contribution in [0.1, 0.15) is 33.6 Å². The number of carbonyl (C=O) groups is 2. The van der Waals surface area contributed by atoms with Crippen LogP contribution in [0.5, 0.6) is 0 Å². The first-order valence-corrected chi connectivity index (χ1v) is 8.65. The van der Waals surface area contributed by atoms with Crippen LogP contribution in [-0.2, 0) is 0 Å². The molecule has 0 atom stereocenters. The average molecular weight is 345 g/mol. The van der Waals surface area contributed by atoms with Gasteiger partial charge in [-0.25, -0.2) is 0 Å². The van der Waals surface area contributed by atoms with Crippen molar-refractivity contribution in [1.29, 1.82) is 0 Å². The molecule has 1 aliphatic carbocycles. The molecule has 1 aliphatic rings. The zero-order valence-electron chi connectivity index (χ0n) is 14.2. The highest BCUT2D eigenvalue weighted by molar-refractivity contribution is 6.04. The molecule has 0 radical (unpaired) electrons. The van der Waals surface area contributed by atoms with Crippen LogP contribution in [0.3, 0.4) is 0 Å². The van der Waals surface area contributed by atoms with E-state index in [4.69, 9.17) is 0 Å². The van der Waals surface area contributed by atoms with E-state index < -0.39 is 0 Å². The van der Waals surface area contributed by atoms with Crippen LogP contribution in [0.2, 0.25) is 0 Å². The summed E-state index contributed by atoms with van der Waals surface area (Å²) in [4.78, 5) is 24.4. The van der Waals surface area contributed by atoms with Crippen molar-refractivity contribution < 1.29 is 9.59 Å². The highest BCUT2D eigenvalue weighted by atomic mass is 16.2. The first kappa shape index (κ1) is 16.1. The summed E-state index contributed by atoms with van der Waals surface area (Å²) in [6.07, 6.45) is 6.03. The number of hydrogen-bond donors (Lipinski definition) is 2. The van der Waals surface area contributed by atoms with Crippen LogP contribution in [0, 0.1) is 0 Å². The molecule has 3 aromatic rings. The Morgan fingerprint density at radius 1 is 0.808 bits per heavy atom. The smallest absolute Gasteiger partial charge is 0.255 e. The first-order valence-electron chi connectivity index (χ1n) is 8.65. The van der Waals surface area contributed by atoms with Crippen molar-refractivity contribution in [2.45, 2.75) is 18.9 Å². The first-order chi connectivity index (χ1) is 12.7. The molecule has 1 saturated carbocycles. The zero-order valence-corrected chi connectivity index (χ0v) is 14.2. The Bertz CT molecular complexity index is 909. The highest BCUT2D eigenvalue weighted by Gasteiger charge is 2.23. The molecule has 2 amide bonds. The molecule has 26 heavy (non-hydrogen) atoms. The Morgan fingerprint density at radius 2 is 1.38 bits per heavy atom. The monoisotopic (exact) mass is 345 g/mol. The molecule has 0 saturated heterocycles. The lowest BCUT2D eigenvalue weighted by atomic mass is 10.1. The van der Waals surface area contributed by atoms with Gasteiger partial charge in [-0.15, -0.1) is 0 Å². The number of carbonyl (C=O) groups excluding carboxylic acids is 2.